The van der Waals surface area contributed by atoms with E-state index in [2.05, 4.69) is 26.1 Å². The van der Waals surface area contributed by atoms with E-state index in [1.165, 1.54) is 0 Å². The molecular weight excluding hydrogens is 459 g/mol. The fourth-order valence-electron chi connectivity index (χ4n) is 1.43. The molecule has 0 atom stereocenters. The van der Waals surface area contributed by atoms with Crippen molar-refractivity contribution < 1.29 is 36.9 Å². The summed E-state index contributed by atoms with van der Waals surface area (Å²) in [5, 5.41) is 2.75. The molecule has 0 aliphatic rings. The van der Waals surface area contributed by atoms with E-state index in [1.807, 2.05) is 105 Å². The van der Waals surface area contributed by atoms with Crippen LogP contribution in [0.3, 0.4) is 0 Å². The normalized spacial score (nSPS) is 7.92. The molecule has 2 heteroatoms. The van der Waals surface area contributed by atoms with Crippen LogP contribution in [-0.2, 0) is 0 Å². The molecule has 1 N–H and O–H groups in total. The third-order valence-corrected chi connectivity index (χ3v) is 2.53. The van der Waals surface area contributed by atoms with Crippen LogP contribution in [-0.4, -0.2) is 14.1 Å². The van der Waals surface area contributed by atoms with E-state index in [0.29, 0.717) is 0 Å². The predicted octanol–water partition coefficient (Wildman–Crippen LogP) is 5.44. The number of benzene rings is 3. The molecule has 0 amide bonds. The van der Waals surface area contributed by atoms with Crippen molar-refractivity contribution in [3.05, 3.63) is 128 Å². The van der Waals surface area contributed by atoms with Crippen molar-refractivity contribution in [2.75, 3.05) is 14.1 Å². The van der Waals surface area contributed by atoms with Gasteiger partial charge in [0, 0.05) is 0 Å². The standard InChI is InChI=1S/3C7H7.C2H7N.Tm/c3*1-7-5-3-2-4-6-7;1-3-2;/h3*2-6H,1H2;3H,1-2H3;/q3*-1;;+3. The molecule has 138 valence electrons. The van der Waals surface area contributed by atoms with Gasteiger partial charge in [-0.05, 0) is 14.1 Å². The summed E-state index contributed by atoms with van der Waals surface area (Å²) >= 11 is 0. The van der Waals surface area contributed by atoms with Gasteiger partial charge in [0.25, 0.3) is 0 Å². The van der Waals surface area contributed by atoms with Crippen molar-refractivity contribution in [2.24, 2.45) is 0 Å². The van der Waals surface area contributed by atoms with Crippen molar-refractivity contribution in [2.45, 2.75) is 0 Å². The molecule has 0 saturated carbocycles. The molecule has 0 aromatic heterocycles. The maximum Gasteiger partial charge on any atom is 3.00 e. The molecule has 0 bridgehead atoms. The zero-order valence-electron chi connectivity index (χ0n) is 15.1. The largest absolute Gasteiger partial charge is 3.00 e. The van der Waals surface area contributed by atoms with Gasteiger partial charge in [0.05, 0.1) is 0 Å². The second-order valence-electron chi connectivity index (χ2n) is 4.96. The summed E-state index contributed by atoms with van der Waals surface area (Å²) in [6, 6.07) is 29.6. The summed E-state index contributed by atoms with van der Waals surface area (Å²) in [6.45, 7) is 11.2. The van der Waals surface area contributed by atoms with Gasteiger partial charge in [-0.25, -0.2) is 0 Å². The fourth-order valence-corrected chi connectivity index (χ4v) is 1.43. The first-order valence-electron chi connectivity index (χ1n) is 7.79. The van der Waals surface area contributed by atoms with Crippen molar-refractivity contribution in [1.29, 1.82) is 0 Å². The Labute approximate surface area is 183 Å². The molecule has 25 heavy (non-hydrogen) atoms. The van der Waals surface area contributed by atoms with Crippen LogP contribution in [0.25, 0.3) is 0 Å². The van der Waals surface area contributed by atoms with Gasteiger partial charge >= 0.3 is 36.9 Å². The number of nitrogens with one attached hydrogen (secondary N) is 1. The van der Waals surface area contributed by atoms with Gasteiger partial charge in [-0.15, -0.1) is 36.4 Å². The third-order valence-electron chi connectivity index (χ3n) is 2.53. The summed E-state index contributed by atoms with van der Waals surface area (Å²) in [5.74, 6) is 0. The summed E-state index contributed by atoms with van der Waals surface area (Å²) in [6.07, 6.45) is 0. The first-order chi connectivity index (χ1) is 11.6. The molecule has 3 rings (SSSR count). The fraction of sp³-hybridized carbons (Fsp3) is 0.0870. The minimum atomic E-state index is 0. The van der Waals surface area contributed by atoms with Gasteiger partial charge in [0.15, 0.2) is 0 Å². The summed E-state index contributed by atoms with van der Waals surface area (Å²) in [4.78, 5) is 0. The maximum atomic E-state index is 3.72. The first-order valence-corrected chi connectivity index (χ1v) is 7.79. The monoisotopic (exact) mass is 487 g/mol. The van der Waals surface area contributed by atoms with Crippen LogP contribution in [0.2, 0.25) is 0 Å². The number of hydrogen-bond acceptors (Lipinski definition) is 1. The van der Waals surface area contributed by atoms with Gasteiger partial charge < -0.3 is 5.32 Å². The van der Waals surface area contributed by atoms with Crippen LogP contribution in [0, 0.1) is 57.6 Å². The van der Waals surface area contributed by atoms with Crippen LogP contribution in [0.15, 0.2) is 91.0 Å². The van der Waals surface area contributed by atoms with E-state index >= 15 is 0 Å². The molecule has 0 aliphatic heterocycles. The van der Waals surface area contributed by atoms with Crippen molar-refractivity contribution in [3.63, 3.8) is 0 Å². The van der Waals surface area contributed by atoms with Crippen molar-refractivity contribution in [1.82, 2.24) is 5.32 Å². The van der Waals surface area contributed by atoms with Crippen molar-refractivity contribution in [3.8, 4) is 0 Å². The van der Waals surface area contributed by atoms with Crippen LogP contribution < -0.4 is 5.32 Å². The van der Waals surface area contributed by atoms with Crippen LogP contribution >= 0.6 is 0 Å². The third kappa shape index (κ3) is 18.6. The molecule has 3 aromatic rings. The zero-order valence-corrected chi connectivity index (χ0v) is 16.8. The number of hydrogen-bond donors (Lipinski definition) is 1. The van der Waals surface area contributed by atoms with Gasteiger partial charge in [-0.2, -0.15) is 73.9 Å². The van der Waals surface area contributed by atoms with E-state index in [1.54, 1.807) is 0 Å². The topological polar surface area (TPSA) is 12.0 Å². The summed E-state index contributed by atoms with van der Waals surface area (Å²) in [5.41, 5.74) is 3.22. The SMILES string of the molecule is CNC.[CH2-]c1ccccc1.[CH2-]c1ccccc1.[CH2-]c1ccccc1.[Tm+3]. The molecule has 0 unspecified atom stereocenters. The Balaban J connectivity index is 0. The summed E-state index contributed by atoms with van der Waals surface area (Å²) < 4.78 is 0. The molecule has 0 spiro atoms. The van der Waals surface area contributed by atoms with E-state index in [0.717, 1.165) is 16.7 Å². The Bertz CT molecular complexity index is 506. The van der Waals surface area contributed by atoms with Crippen LogP contribution in [0.1, 0.15) is 16.7 Å². The molecule has 1 nitrogen and oxygen atoms in total. The minimum Gasteiger partial charge on any atom is -0.323 e. The van der Waals surface area contributed by atoms with E-state index in [-0.39, 0.29) is 36.9 Å². The smallest absolute Gasteiger partial charge is 0.323 e. The average Bonchev–Trinajstić information content (AvgIpc) is 2.59. The Morgan fingerprint density at radius 1 is 0.480 bits per heavy atom. The molecule has 0 heterocycles. The zero-order chi connectivity index (χ0) is 18.0. The van der Waals surface area contributed by atoms with Gasteiger partial charge in [-0.1, -0.05) is 18.2 Å². The Kier molecular flexibility index (Phi) is 19.3. The molecular formula is C23H28NTm. The van der Waals surface area contributed by atoms with Gasteiger partial charge in [0.1, 0.15) is 0 Å². The second kappa shape index (κ2) is 18.8. The second-order valence-corrected chi connectivity index (χ2v) is 4.96. The first kappa shape index (κ1) is 25.7. The molecule has 0 radical (unpaired) electrons. The average molecular weight is 487 g/mol. The van der Waals surface area contributed by atoms with Gasteiger partial charge in [0.2, 0.25) is 0 Å². The van der Waals surface area contributed by atoms with E-state index in [4.69, 9.17) is 0 Å². The molecule has 0 fully saturated rings. The van der Waals surface area contributed by atoms with E-state index in [9.17, 15) is 0 Å². The Hall–Kier alpha value is -1.54. The van der Waals surface area contributed by atoms with Crippen LogP contribution in [0.4, 0.5) is 0 Å². The molecule has 3 aromatic carbocycles. The Morgan fingerprint density at radius 2 is 0.640 bits per heavy atom. The Morgan fingerprint density at radius 3 is 0.720 bits per heavy atom. The summed E-state index contributed by atoms with van der Waals surface area (Å²) in [7, 11) is 3.75. The van der Waals surface area contributed by atoms with Crippen molar-refractivity contribution >= 4 is 0 Å². The van der Waals surface area contributed by atoms with Gasteiger partial charge in [-0.3, -0.25) is 0 Å². The molecule has 0 aliphatic carbocycles. The quantitative estimate of drug-likeness (QED) is 0.417. The minimum absolute atomic E-state index is 0. The predicted molar refractivity (Wildman–Crippen MR) is 108 cm³/mol. The number of rotatable bonds is 0. The van der Waals surface area contributed by atoms with E-state index < -0.39 is 0 Å². The maximum absolute atomic E-state index is 3.72. The molecule has 0 saturated heterocycles. The van der Waals surface area contributed by atoms with Crippen LogP contribution in [0.5, 0.6) is 0 Å².